The fourth-order valence-corrected chi connectivity index (χ4v) is 4.01. The summed E-state index contributed by atoms with van der Waals surface area (Å²) in [6.45, 7) is 4.00. The maximum atomic E-state index is 12.7. The monoisotopic (exact) mass is 451 g/mol. The molecule has 0 aliphatic rings. The molecule has 0 atom stereocenters. The van der Waals surface area contributed by atoms with Crippen molar-refractivity contribution in [3.8, 4) is 11.4 Å². The van der Waals surface area contributed by atoms with E-state index in [0.29, 0.717) is 33.7 Å². The lowest BCUT2D eigenvalue weighted by atomic mass is 10.2. The lowest BCUT2D eigenvalue weighted by Gasteiger charge is -2.11. The van der Waals surface area contributed by atoms with Crippen LogP contribution in [0.5, 0.6) is 0 Å². The molecule has 0 radical (unpaired) electrons. The van der Waals surface area contributed by atoms with Crippen molar-refractivity contribution >= 4 is 38.8 Å². The van der Waals surface area contributed by atoms with Gasteiger partial charge in [0.1, 0.15) is 11.6 Å². The molecule has 0 bridgehead atoms. The van der Waals surface area contributed by atoms with Crippen LogP contribution in [0, 0.1) is 0 Å². The summed E-state index contributed by atoms with van der Waals surface area (Å²) in [5.74, 6) is 1.04. The van der Waals surface area contributed by atoms with Gasteiger partial charge in [-0.05, 0) is 30.3 Å². The largest absolute Gasteiger partial charge is 0.339 e. The third kappa shape index (κ3) is 4.93. The number of pyridine rings is 1. The zero-order chi connectivity index (χ0) is 21.8. The first-order valence-corrected chi connectivity index (χ1v) is 11.1. The number of anilines is 2. The molecular weight excluding hydrogens is 434 g/mol. The highest BCUT2D eigenvalue weighted by Crippen LogP contribution is 2.22. The molecule has 3 N–H and O–H groups in total. The second-order valence-electron chi connectivity index (χ2n) is 6.60. The zero-order valence-electron chi connectivity index (χ0n) is 16.2. The zero-order valence-corrected chi connectivity index (χ0v) is 17.8. The fraction of sp³-hybridized carbons (Fsp3) is 0. The SMILES string of the molecule is C=C(Nc1cc(S(=O)(=O)Nc2ccc(Cl)cc2)ccn1)c1cnc(-c2ccccc2)[nH]1. The van der Waals surface area contributed by atoms with Crippen molar-refractivity contribution in [3.63, 3.8) is 0 Å². The van der Waals surface area contributed by atoms with Gasteiger partial charge in [-0.2, -0.15) is 0 Å². The van der Waals surface area contributed by atoms with Gasteiger partial charge in [-0.25, -0.2) is 18.4 Å². The molecule has 0 fully saturated rings. The first-order chi connectivity index (χ1) is 14.9. The van der Waals surface area contributed by atoms with Gasteiger partial charge in [-0.3, -0.25) is 4.72 Å². The smallest absolute Gasteiger partial charge is 0.262 e. The van der Waals surface area contributed by atoms with Crippen molar-refractivity contribution in [2.45, 2.75) is 4.90 Å². The minimum absolute atomic E-state index is 0.0577. The Balaban J connectivity index is 1.50. The standard InChI is InChI=1S/C22H18ClN5O2S/c1-15(20-14-25-22(27-20)16-5-3-2-4-6-16)26-21-13-19(11-12-24-21)31(29,30)28-18-9-7-17(23)8-10-18/h2-14,28H,1H2,(H,24,26)(H,25,27). The highest BCUT2D eigenvalue weighted by atomic mass is 35.5. The van der Waals surface area contributed by atoms with Gasteiger partial charge in [0.15, 0.2) is 0 Å². The number of aromatic nitrogens is 3. The van der Waals surface area contributed by atoms with Crippen LogP contribution in [0.15, 0.2) is 90.6 Å². The number of H-pyrrole nitrogens is 1. The Bertz CT molecular complexity index is 1320. The second-order valence-corrected chi connectivity index (χ2v) is 8.72. The molecule has 0 aliphatic carbocycles. The van der Waals surface area contributed by atoms with Crippen LogP contribution < -0.4 is 10.0 Å². The summed E-state index contributed by atoms with van der Waals surface area (Å²) in [6.07, 6.45) is 3.06. The van der Waals surface area contributed by atoms with Crippen LogP contribution in [-0.2, 0) is 10.0 Å². The summed E-state index contributed by atoms with van der Waals surface area (Å²) < 4.78 is 27.9. The summed E-state index contributed by atoms with van der Waals surface area (Å²) in [7, 11) is -3.80. The molecular formula is C22H18ClN5O2S. The van der Waals surface area contributed by atoms with Gasteiger partial charge in [0, 0.05) is 28.5 Å². The van der Waals surface area contributed by atoms with E-state index in [2.05, 4.69) is 31.6 Å². The van der Waals surface area contributed by atoms with Crippen LogP contribution in [0.4, 0.5) is 11.5 Å². The van der Waals surface area contributed by atoms with Crippen LogP contribution in [0.2, 0.25) is 5.02 Å². The Morgan fingerprint density at radius 1 is 1.00 bits per heavy atom. The van der Waals surface area contributed by atoms with Crippen LogP contribution in [0.25, 0.3) is 17.1 Å². The number of benzene rings is 2. The molecule has 31 heavy (non-hydrogen) atoms. The van der Waals surface area contributed by atoms with Gasteiger partial charge >= 0.3 is 0 Å². The van der Waals surface area contributed by atoms with E-state index in [9.17, 15) is 8.42 Å². The second kappa shape index (κ2) is 8.63. The summed E-state index contributed by atoms with van der Waals surface area (Å²) >= 11 is 5.85. The average Bonchev–Trinajstić information content (AvgIpc) is 3.27. The van der Waals surface area contributed by atoms with E-state index in [1.54, 1.807) is 30.5 Å². The predicted molar refractivity (Wildman–Crippen MR) is 123 cm³/mol. The number of nitrogens with one attached hydrogen (secondary N) is 3. The number of halogens is 1. The van der Waals surface area contributed by atoms with E-state index in [4.69, 9.17) is 11.6 Å². The van der Waals surface area contributed by atoms with Gasteiger partial charge in [-0.1, -0.05) is 48.5 Å². The van der Waals surface area contributed by atoms with Crippen molar-refractivity contribution in [1.82, 2.24) is 15.0 Å². The number of hydrogen-bond donors (Lipinski definition) is 3. The lowest BCUT2D eigenvalue weighted by molar-refractivity contribution is 0.601. The summed E-state index contributed by atoms with van der Waals surface area (Å²) in [4.78, 5) is 11.8. The van der Waals surface area contributed by atoms with E-state index in [1.165, 1.54) is 18.3 Å². The van der Waals surface area contributed by atoms with Gasteiger partial charge in [0.05, 0.1) is 22.5 Å². The van der Waals surface area contributed by atoms with Gasteiger partial charge in [-0.15, -0.1) is 0 Å². The van der Waals surface area contributed by atoms with E-state index in [-0.39, 0.29) is 4.90 Å². The first-order valence-electron chi connectivity index (χ1n) is 9.22. The van der Waals surface area contributed by atoms with E-state index in [0.717, 1.165) is 5.56 Å². The average molecular weight is 452 g/mol. The number of rotatable bonds is 7. The molecule has 0 unspecified atom stereocenters. The van der Waals surface area contributed by atoms with Crippen molar-refractivity contribution < 1.29 is 8.42 Å². The molecule has 2 heterocycles. The summed E-state index contributed by atoms with van der Waals surface area (Å²) in [5.41, 5.74) is 2.52. The van der Waals surface area contributed by atoms with Crippen molar-refractivity contribution in [2.24, 2.45) is 0 Å². The predicted octanol–water partition coefficient (Wildman–Crippen LogP) is 5.01. The third-order valence-electron chi connectivity index (χ3n) is 4.37. The Hall–Kier alpha value is -3.62. The van der Waals surface area contributed by atoms with E-state index < -0.39 is 10.0 Å². The maximum Gasteiger partial charge on any atom is 0.262 e. The molecule has 0 saturated carbocycles. The fourth-order valence-electron chi connectivity index (χ4n) is 2.82. The Kier molecular flexibility index (Phi) is 5.75. The highest BCUT2D eigenvalue weighted by molar-refractivity contribution is 7.92. The summed E-state index contributed by atoms with van der Waals surface area (Å²) in [6, 6.07) is 18.9. The third-order valence-corrected chi connectivity index (χ3v) is 6.00. The Morgan fingerprint density at radius 3 is 2.48 bits per heavy atom. The van der Waals surface area contributed by atoms with E-state index >= 15 is 0 Å². The number of aromatic amines is 1. The molecule has 0 saturated heterocycles. The van der Waals surface area contributed by atoms with Gasteiger partial charge < -0.3 is 10.3 Å². The molecule has 7 nitrogen and oxygen atoms in total. The molecule has 0 spiro atoms. The van der Waals surface area contributed by atoms with Crippen LogP contribution >= 0.6 is 11.6 Å². The van der Waals surface area contributed by atoms with E-state index in [1.807, 2.05) is 30.3 Å². The van der Waals surface area contributed by atoms with Gasteiger partial charge in [0.2, 0.25) is 0 Å². The lowest BCUT2D eigenvalue weighted by Crippen LogP contribution is -2.13. The first kappa shape index (κ1) is 20.6. The van der Waals surface area contributed by atoms with Crippen LogP contribution in [0.3, 0.4) is 0 Å². The number of nitrogens with zero attached hydrogens (tertiary/aromatic N) is 2. The number of hydrogen-bond acceptors (Lipinski definition) is 5. The topological polar surface area (TPSA) is 99.8 Å². The quantitative estimate of drug-likeness (QED) is 0.367. The molecule has 2 aromatic carbocycles. The Morgan fingerprint density at radius 2 is 1.74 bits per heavy atom. The number of sulfonamides is 1. The normalized spacial score (nSPS) is 11.1. The molecule has 9 heteroatoms. The van der Waals surface area contributed by atoms with Crippen molar-refractivity contribution in [3.05, 3.63) is 96.4 Å². The molecule has 156 valence electrons. The number of imidazole rings is 1. The minimum Gasteiger partial charge on any atom is -0.339 e. The van der Waals surface area contributed by atoms with Gasteiger partial charge in [0.25, 0.3) is 10.0 Å². The van der Waals surface area contributed by atoms with Crippen LogP contribution in [-0.4, -0.2) is 23.4 Å². The molecule has 4 rings (SSSR count). The molecule has 0 amide bonds. The Labute approximate surface area is 184 Å². The van der Waals surface area contributed by atoms with Crippen molar-refractivity contribution in [2.75, 3.05) is 10.0 Å². The molecule has 0 aliphatic heterocycles. The van der Waals surface area contributed by atoms with Crippen LogP contribution in [0.1, 0.15) is 5.69 Å². The molecule has 2 aromatic heterocycles. The molecule has 4 aromatic rings. The summed E-state index contributed by atoms with van der Waals surface area (Å²) in [5, 5.41) is 3.54. The maximum absolute atomic E-state index is 12.7. The highest BCUT2D eigenvalue weighted by Gasteiger charge is 2.16. The minimum atomic E-state index is -3.80. The van der Waals surface area contributed by atoms with Crippen molar-refractivity contribution in [1.29, 1.82) is 0 Å².